The van der Waals surface area contributed by atoms with E-state index in [0.29, 0.717) is 4.47 Å². The largest absolute Gasteiger partial charge is 0.506 e. The summed E-state index contributed by atoms with van der Waals surface area (Å²) < 4.78 is 0.688. The van der Waals surface area contributed by atoms with Gasteiger partial charge < -0.3 is 5.11 Å². The van der Waals surface area contributed by atoms with Crippen LogP contribution < -0.4 is 0 Å². The van der Waals surface area contributed by atoms with Crippen LogP contribution in [-0.2, 0) is 0 Å². The summed E-state index contributed by atoms with van der Waals surface area (Å²) in [6, 6.07) is 0. The van der Waals surface area contributed by atoms with Crippen molar-refractivity contribution >= 4 is 15.9 Å². The van der Waals surface area contributed by atoms with Crippen molar-refractivity contribution in [1.82, 2.24) is 4.98 Å². The zero-order chi connectivity index (χ0) is 7.72. The molecule has 0 radical (unpaired) electrons. The van der Waals surface area contributed by atoms with Gasteiger partial charge in [0.2, 0.25) is 0 Å². The van der Waals surface area contributed by atoms with E-state index >= 15 is 0 Å². The Hall–Kier alpha value is -0.570. The summed E-state index contributed by atoms with van der Waals surface area (Å²) in [5.41, 5.74) is 1.60. The van der Waals surface area contributed by atoms with E-state index in [0.717, 1.165) is 11.3 Å². The highest BCUT2D eigenvalue weighted by atomic mass is 79.9. The first kappa shape index (κ1) is 7.54. The Morgan fingerprint density at radius 3 is 2.60 bits per heavy atom. The normalized spacial score (nSPS) is 9.90. The van der Waals surface area contributed by atoms with Gasteiger partial charge in [0.15, 0.2) is 0 Å². The molecule has 1 aromatic heterocycles. The molecule has 0 spiro atoms. The molecule has 54 valence electrons. The third kappa shape index (κ3) is 1.14. The number of hydrogen-bond acceptors (Lipinski definition) is 2. The predicted molar refractivity (Wildman–Crippen MR) is 43.1 cm³/mol. The van der Waals surface area contributed by atoms with Crippen molar-refractivity contribution in [3.63, 3.8) is 0 Å². The standard InChI is InChI=1S/C7H8BrNO/c1-4-3-9-5(2)6(8)7(4)10/h3H,1-2H3,(H,9,10). The quantitative estimate of drug-likeness (QED) is 0.699. The van der Waals surface area contributed by atoms with Crippen molar-refractivity contribution in [1.29, 1.82) is 0 Å². The van der Waals surface area contributed by atoms with E-state index in [9.17, 15) is 5.11 Å². The molecule has 1 aromatic rings. The Morgan fingerprint density at radius 1 is 1.50 bits per heavy atom. The van der Waals surface area contributed by atoms with Crippen LogP contribution in [-0.4, -0.2) is 10.1 Å². The van der Waals surface area contributed by atoms with Gasteiger partial charge >= 0.3 is 0 Å². The molecule has 0 saturated heterocycles. The van der Waals surface area contributed by atoms with Crippen LogP contribution in [0.4, 0.5) is 0 Å². The first-order valence-electron chi connectivity index (χ1n) is 2.93. The maximum absolute atomic E-state index is 9.30. The van der Waals surface area contributed by atoms with Crippen molar-refractivity contribution in [3.8, 4) is 5.75 Å². The lowest BCUT2D eigenvalue weighted by atomic mass is 10.2. The lowest BCUT2D eigenvalue weighted by Crippen LogP contribution is -1.85. The number of halogens is 1. The monoisotopic (exact) mass is 201 g/mol. The summed E-state index contributed by atoms with van der Waals surface area (Å²) in [5, 5.41) is 9.30. The van der Waals surface area contributed by atoms with E-state index in [1.54, 1.807) is 6.20 Å². The fourth-order valence-electron chi connectivity index (χ4n) is 0.656. The number of hydrogen-bond donors (Lipinski definition) is 1. The molecule has 0 aromatic carbocycles. The minimum atomic E-state index is 0.285. The highest BCUT2D eigenvalue weighted by Crippen LogP contribution is 2.28. The summed E-state index contributed by atoms with van der Waals surface area (Å²) in [4.78, 5) is 4.03. The average molecular weight is 202 g/mol. The third-order valence-corrected chi connectivity index (χ3v) is 2.30. The van der Waals surface area contributed by atoms with Crippen LogP contribution in [0, 0.1) is 13.8 Å². The van der Waals surface area contributed by atoms with E-state index in [-0.39, 0.29) is 5.75 Å². The van der Waals surface area contributed by atoms with Gasteiger partial charge in [-0.1, -0.05) is 0 Å². The fourth-order valence-corrected chi connectivity index (χ4v) is 1.07. The van der Waals surface area contributed by atoms with Crippen LogP contribution in [0.5, 0.6) is 5.75 Å². The maximum Gasteiger partial charge on any atom is 0.136 e. The molecule has 0 bridgehead atoms. The second kappa shape index (κ2) is 2.58. The highest BCUT2D eigenvalue weighted by molar-refractivity contribution is 9.10. The molecular weight excluding hydrogens is 194 g/mol. The lowest BCUT2D eigenvalue weighted by molar-refractivity contribution is 0.466. The molecule has 1 heterocycles. The van der Waals surface area contributed by atoms with E-state index in [4.69, 9.17) is 0 Å². The molecule has 10 heavy (non-hydrogen) atoms. The number of aromatic hydroxyl groups is 1. The summed E-state index contributed by atoms with van der Waals surface area (Å²) in [6.07, 6.45) is 1.65. The van der Waals surface area contributed by atoms with Crippen LogP contribution in [0.3, 0.4) is 0 Å². The smallest absolute Gasteiger partial charge is 0.136 e. The minimum absolute atomic E-state index is 0.285. The van der Waals surface area contributed by atoms with Gasteiger partial charge in [0.1, 0.15) is 5.75 Å². The Balaban J connectivity index is 3.34. The fraction of sp³-hybridized carbons (Fsp3) is 0.286. The van der Waals surface area contributed by atoms with Crippen LogP contribution in [0.25, 0.3) is 0 Å². The summed E-state index contributed by atoms with van der Waals surface area (Å²) >= 11 is 3.22. The summed E-state index contributed by atoms with van der Waals surface area (Å²) in [7, 11) is 0. The van der Waals surface area contributed by atoms with Gasteiger partial charge in [-0.3, -0.25) is 4.98 Å². The van der Waals surface area contributed by atoms with Crippen molar-refractivity contribution in [2.75, 3.05) is 0 Å². The Morgan fingerprint density at radius 2 is 2.10 bits per heavy atom. The zero-order valence-electron chi connectivity index (χ0n) is 5.85. The first-order chi connectivity index (χ1) is 4.63. The van der Waals surface area contributed by atoms with Gasteiger partial charge in [0.25, 0.3) is 0 Å². The zero-order valence-corrected chi connectivity index (χ0v) is 7.44. The number of nitrogens with zero attached hydrogens (tertiary/aromatic N) is 1. The summed E-state index contributed by atoms with van der Waals surface area (Å²) in [5.74, 6) is 0.285. The molecule has 3 heteroatoms. The molecule has 0 aliphatic rings. The molecule has 1 rings (SSSR count). The van der Waals surface area contributed by atoms with Crippen molar-refractivity contribution in [3.05, 3.63) is 21.9 Å². The van der Waals surface area contributed by atoms with Gasteiger partial charge in [0, 0.05) is 11.8 Å². The number of aryl methyl sites for hydroxylation is 2. The SMILES string of the molecule is Cc1cnc(C)c(Br)c1O. The second-order valence-corrected chi connectivity index (χ2v) is 2.98. The van der Waals surface area contributed by atoms with Gasteiger partial charge in [-0.2, -0.15) is 0 Å². The number of pyridine rings is 1. The Labute approximate surface area is 68.0 Å². The van der Waals surface area contributed by atoms with Crippen molar-refractivity contribution < 1.29 is 5.11 Å². The molecule has 0 amide bonds. The Kier molecular flexibility index (Phi) is 1.94. The molecular formula is C7H8BrNO. The lowest BCUT2D eigenvalue weighted by Gasteiger charge is -2.01. The van der Waals surface area contributed by atoms with E-state index in [2.05, 4.69) is 20.9 Å². The van der Waals surface area contributed by atoms with Gasteiger partial charge in [0.05, 0.1) is 10.2 Å². The topological polar surface area (TPSA) is 33.1 Å². The minimum Gasteiger partial charge on any atom is -0.506 e. The molecule has 0 saturated carbocycles. The molecule has 0 atom stereocenters. The predicted octanol–water partition coefficient (Wildman–Crippen LogP) is 2.17. The average Bonchev–Trinajstić information content (AvgIpc) is 1.93. The highest BCUT2D eigenvalue weighted by Gasteiger charge is 2.03. The number of aromatic nitrogens is 1. The van der Waals surface area contributed by atoms with E-state index in [1.807, 2.05) is 13.8 Å². The number of rotatable bonds is 0. The van der Waals surface area contributed by atoms with Crippen LogP contribution in [0.15, 0.2) is 10.7 Å². The molecule has 0 fully saturated rings. The molecule has 0 aliphatic heterocycles. The molecule has 2 nitrogen and oxygen atoms in total. The third-order valence-electron chi connectivity index (χ3n) is 1.35. The van der Waals surface area contributed by atoms with Gasteiger partial charge in [-0.15, -0.1) is 0 Å². The van der Waals surface area contributed by atoms with Crippen LogP contribution >= 0.6 is 15.9 Å². The molecule has 0 unspecified atom stereocenters. The summed E-state index contributed by atoms with van der Waals surface area (Å²) in [6.45, 7) is 3.65. The van der Waals surface area contributed by atoms with Crippen LogP contribution in [0.1, 0.15) is 11.3 Å². The molecule has 1 N–H and O–H groups in total. The second-order valence-electron chi connectivity index (χ2n) is 2.19. The van der Waals surface area contributed by atoms with Crippen molar-refractivity contribution in [2.24, 2.45) is 0 Å². The Bertz CT molecular complexity index is 233. The van der Waals surface area contributed by atoms with Gasteiger partial charge in [-0.05, 0) is 29.8 Å². The maximum atomic E-state index is 9.30. The molecule has 0 aliphatic carbocycles. The first-order valence-corrected chi connectivity index (χ1v) is 3.73. The van der Waals surface area contributed by atoms with Crippen LogP contribution in [0.2, 0.25) is 0 Å². The van der Waals surface area contributed by atoms with Crippen molar-refractivity contribution in [2.45, 2.75) is 13.8 Å². The van der Waals surface area contributed by atoms with Gasteiger partial charge in [-0.25, -0.2) is 0 Å². The van der Waals surface area contributed by atoms with E-state index < -0.39 is 0 Å². The van der Waals surface area contributed by atoms with E-state index in [1.165, 1.54) is 0 Å².